The summed E-state index contributed by atoms with van der Waals surface area (Å²) in [6.45, 7) is 0.923. The molecule has 156 valence electrons. The minimum Gasteiger partial charge on any atom is -0.493 e. The summed E-state index contributed by atoms with van der Waals surface area (Å²) < 4.78 is 11.9. The van der Waals surface area contributed by atoms with Crippen LogP contribution in [0.2, 0.25) is 0 Å². The Morgan fingerprint density at radius 3 is 2.90 bits per heavy atom. The molecule has 5 rings (SSSR count). The van der Waals surface area contributed by atoms with Crippen LogP contribution in [0.1, 0.15) is 53.1 Å². The molecular weight excluding hydrogens is 396 g/mol. The third kappa shape index (κ3) is 4.02. The number of aromatic nitrogens is 1. The molecular formula is C24H26N2O3S. The van der Waals surface area contributed by atoms with E-state index in [1.54, 1.807) is 11.3 Å². The second kappa shape index (κ2) is 8.28. The highest BCUT2D eigenvalue weighted by atomic mass is 32.1. The lowest BCUT2D eigenvalue weighted by molar-refractivity contribution is 0.0504. The molecule has 0 saturated heterocycles. The Labute approximate surface area is 180 Å². The van der Waals surface area contributed by atoms with Crippen LogP contribution in [0.4, 0.5) is 5.69 Å². The Morgan fingerprint density at radius 2 is 2.10 bits per heavy atom. The average Bonchev–Trinajstić information content (AvgIpc) is 3.16. The molecule has 2 aromatic carbocycles. The first-order chi connectivity index (χ1) is 14.7. The molecule has 3 aromatic rings. The molecule has 1 aliphatic carbocycles. The van der Waals surface area contributed by atoms with Crippen molar-refractivity contribution >= 4 is 17.0 Å². The smallest absolute Gasteiger partial charge is 0.140 e. The first-order valence-electron chi connectivity index (χ1n) is 10.5. The molecule has 1 aromatic heterocycles. The van der Waals surface area contributed by atoms with E-state index in [0.29, 0.717) is 25.6 Å². The van der Waals surface area contributed by atoms with E-state index < -0.39 is 6.10 Å². The van der Waals surface area contributed by atoms with E-state index in [4.69, 9.17) is 20.2 Å². The number of aliphatic hydroxyl groups is 1. The number of fused-ring (bicyclic) bond motifs is 1. The van der Waals surface area contributed by atoms with E-state index in [9.17, 15) is 5.11 Å². The van der Waals surface area contributed by atoms with Gasteiger partial charge < -0.3 is 20.3 Å². The van der Waals surface area contributed by atoms with Gasteiger partial charge in [0.2, 0.25) is 0 Å². The van der Waals surface area contributed by atoms with E-state index in [1.807, 2.05) is 42.5 Å². The Kier molecular flexibility index (Phi) is 5.35. The second-order valence-electron chi connectivity index (χ2n) is 8.25. The molecule has 0 radical (unpaired) electrons. The molecule has 6 heteroatoms. The van der Waals surface area contributed by atoms with E-state index in [-0.39, 0.29) is 5.92 Å². The van der Waals surface area contributed by atoms with Crippen LogP contribution in [0.15, 0.2) is 47.8 Å². The Morgan fingerprint density at radius 1 is 1.20 bits per heavy atom. The summed E-state index contributed by atoms with van der Waals surface area (Å²) in [5.74, 6) is 2.06. The molecule has 5 nitrogen and oxygen atoms in total. The van der Waals surface area contributed by atoms with E-state index in [0.717, 1.165) is 33.3 Å². The largest absolute Gasteiger partial charge is 0.493 e. The van der Waals surface area contributed by atoms with Crippen LogP contribution < -0.4 is 15.2 Å². The Hall–Kier alpha value is -2.57. The molecule has 0 bridgehead atoms. The zero-order chi connectivity index (χ0) is 20.5. The van der Waals surface area contributed by atoms with Gasteiger partial charge in [-0.1, -0.05) is 18.6 Å². The standard InChI is InChI=1S/C24H26N2O3S/c25-18-6-1-3-15(10-18)9-17-12-29-22-8-7-19(11-20(22)24(17)27)28-13-23-26-21(14-30-23)16-4-2-5-16/h1,3,6-8,10-11,14,16-17,24,27H,2,4-5,9,12-13,25H2. The SMILES string of the molecule is Nc1cccc(CC2COc3ccc(OCc4nc(C5CCC5)cs4)cc3C2O)c1. The van der Waals surface area contributed by atoms with Crippen molar-refractivity contribution in [3.05, 3.63) is 69.7 Å². The first kappa shape index (κ1) is 19.4. The molecule has 0 spiro atoms. The Balaban J connectivity index is 1.26. The number of aliphatic hydroxyl groups excluding tert-OH is 1. The molecule has 2 aliphatic rings. The van der Waals surface area contributed by atoms with Crippen LogP contribution in [0.25, 0.3) is 0 Å². The number of hydrogen-bond acceptors (Lipinski definition) is 6. The predicted octanol–water partition coefficient (Wildman–Crippen LogP) is 4.86. The monoisotopic (exact) mass is 422 g/mol. The molecule has 2 atom stereocenters. The number of nitrogen functional groups attached to an aromatic ring is 1. The second-order valence-corrected chi connectivity index (χ2v) is 9.19. The fourth-order valence-electron chi connectivity index (χ4n) is 4.14. The number of benzene rings is 2. The van der Waals surface area contributed by atoms with Crippen LogP contribution in [-0.4, -0.2) is 16.7 Å². The van der Waals surface area contributed by atoms with Gasteiger partial charge in [0.1, 0.15) is 23.1 Å². The van der Waals surface area contributed by atoms with Gasteiger partial charge in [-0.2, -0.15) is 0 Å². The van der Waals surface area contributed by atoms with Gasteiger partial charge in [-0.25, -0.2) is 4.98 Å². The van der Waals surface area contributed by atoms with Crippen LogP contribution >= 0.6 is 11.3 Å². The van der Waals surface area contributed by atoms with Gasteiger partial charge >= 0.3 is 0 Å². The van der Waals surface area contributed by atoms with Crippen LogP contribution in [0, 0.1) is 5.92 Å². The van der Waals surface area contributed by atoms with Crippen molar-refractivity contribution in [2.75, 3.05) is 12.3 Å². The summed E-state index contributed by atoms with van der Waals surface area (Å²) in [7, 11) is 0. The lowest BCUT2D eigenvalue weighted by Gasteiger charge is -2.30. The van der Waals surface area contributed by atoms with Crippen molar-refractivity contribution in [3.8, 4) is 11.5 Å². The maximum atomic E-state index is 11.0. The third-order valence-corrected chi connectivity index (χ3v) is 6.94. The number of hydrogen-bond donors (Lipinski definition) is 2. The fourth-order valence-corrected chi connectivity index (χ4v) is 4.93. The normalized spacial score (nSPS) is 20.8. The van der Waals surface area contributed by atoms with Crippen molar-refractivity contribution in [3.63, 3.8) is 0 Å². The number of anilines is 1. The number of ether oxygens (including phenoxy) is 2. The van der Waals surface area contributed by atoms with Crippen molar-refractivity contribution in [1.82, 2.24) is 4.98 Å². The Bertz CT molecular complexity index is 1030. The summed E-state index contributed by atoms with van der Waals surface area (Å²) in [6.07, 6.45) is 3.92. The van der Waals surface area contributed by atoms with Gasteiger partial charge in [-0.15, -0.1) is 11.3 Å². The summed E-state index contributed by atoms with van der Waals surface area (Å²) in [4.78, 5) is 4.72. The molecule has 2 heterocycles. The van der Waals surface area contributed by atoms with E-state index in [1.165, 1.54) is 25.0 Å². The van der Waals surface area contributed by atoms with Gasteiger partial charge in [0.05, 0.1) is 18.4 Å². The zero-order valence-corrected chi connectivity index (χ0v) is 17.6. The van der Waals surface area contributed by atoms with Gasteiger partial charge in [0.25, 0.3) is 0 Å². The van der Waals surface area contributed by atoms with Crippen molar-refractivity contribution in [2.45, 2.75) is 44.3 Å². The quantitative estimate of drug-likeness (QED) is 0.555. The number of rotatable bonds is 6. The lowest BCUT2D eigenvalue weighted by Crippen LogP contribution is -2.27. The van der Waals surface area contributed by atoms with Gasteiger partial charge in [0, 0.05) is 28.5 Å². The minimum absolute atomic E-state index is 0.0291. The molecule has 1 aliphatic heterocycles. The number of nitrogens with zero attached hydrogens (tertiary/aromatic N) is 1. The maximum absolute atomic E-state index is 11.0. The van der Waals surface area contributed by atoms with E-state index in [2.05, 4.69) is 5.38 Å². The minimum atomic E-state index is -0.608. The molecule has 3 N–H and O–H groups in total. The van der Waals surface area contributed by atoms with Gasteiger partial charge in [-0.05, 0) is 55.2 Å². The van der Waals surface area contributed by atoms with Crippen molar-refractivity contribution < 1.29 is 14.6 Å². The summed E-state index contributed by atoms with van der Waals surface area (Å²) >= 11 is 1.66. The first-order valence-corrected chi connectivity index (χ1v) is 11.4. The van der Waals surface area contributed by atoms with Crippen molar-refractivity contribution in [1.29, 1.82) is 0 Å². The molecule has 30 heavy (non-hydrogen) atoms. The van der Waals surface area contributed by atoms with E-state index >= 15 is 0 Å². The molecule has 1 fully saturated rings. The highest BCUT2D eigenvalue weighted by molar-refractivity contribution is 7.09. The van der Waals surface area contributed by atoms with Gasteiger partial charge in [0.15, 0.2) is 0 Å². The summed E-state index contributed by atoms with van der Waals surface area (Å²) in [5.41, 5.74) is 9.72. The number of nitrogens with two attached hydrogens (primary N) is 1. The predicted molar refractivity (Wildman–Crippen MR) is 118 cm³/mol. The number of thiazole rings is 1. The summed E-state index contributed by atoms with van der Waals surface area (Å²) in [6, 6.07) is 13.5. The third-order valence-electron chi connectivity index (χ3n) is 6.10. The molecule has 1 saturated carbocycles. The van der Waals surface area contributed by atoms with Crippen LogP contribution in [0.5, 0.6) is 11.5 Å². The van der Waals surface area contributed by atoms with Crippen LogP contribution in [0.3, 0.4) is 0 Å². The van der Waals surface area contributed by atoms with Crippen molar-refractivity contribution in [2.24, 2.45) is 5.92 Å². The average molecular weight is 423 g/mol. The zero-order valence-electron chi connectivity index (χ0n) is 16.8. The highest BCUT2D eigenvalue weighted by Gasteiger charge is 2.30. The van der Waals surface area contributed by atoms with Crippen LogP contribution in [-0.2, 0) is 13.0 Å². The maximum Gasteiger partial charge on any atom is 0.140 e. The summed E-state index contributed by atoms with van der Waals surface area (Å²) in [5, 5.41) is 14.1. The topological polar surface area (TPSA) is 77.6 Å². The van der Waals surface area contributed by atoms with Gasteiger partial charge in [-0.3, -0.25) is 0 Å². The highest BCUT2D eigenvalue weighted by Crippen LogP contribution is 2.39. The fraction of sp³-hybridized carbons (Fsp3) is 0.375. The molecule has 2 unspecified atom stereocenters. The lowest BCUT2D eigenvalue weighted by atomic mass is 9.83. The molecule has 0 amide bonds.